The van der Waals surface area contributed by atoms with E-state index in [0.717, 1.165) is 39.8 Å². The summed E-state index contributed by atoms with van der Waals surface area (Å²) in [5.41, 5.74) is 4.32. The molecule has 5 nitrogen and oxygen atoms in total. The SMILES string of the molecule is Cc1nnc(CN2CCOc3c(O)cc(-c4ccccc4C)cc3C2)s1. The highest BCUT2D eigenvalue weighted by atomic mass is 32.1. The number of aromatic hydroxyl groups is 1. The van der Waals surface area contributed by atoms with E-state index in [0.29, 0.717) is 18.9 Å². The van der Waals surface area contributed by atoms with Gasteiger partial charge in [0.15, 0.2) is 11.5 Å². The molecule has 26 heavy (non-hydrogen) atoms. The van der Waals surface area contributed by atoms with Gasteiger partial charge < -0.3 is 9.84 Å². The molecule has 1 aromatic heterocycles. The average Bonchev–Trinajstić information content (AvgIpc) is 2.90. The van der Waals surface area contributed by atoms with E-state index in [1.54, 1.807) is 17.4 Å². The fourth-order valence-electron chi connectivity index (χ4n) is 3.33. The first kappa shape index (κ1) is 17.0. The van der Waals surface area contributed by atoms with E-state index in [9.17, 15) is 5.11 Å². The van der Waals surface area contributed by atoms with Crippen molar-refractivity contribution in [3.8, 4) is 22.6 Å². The van der Waals surface area contributed by atoms with E-state index in [-0.39, 0.29) is 5.75 Å². The van der Waals surface area contributed by atoms with Crippen molar-refractivity contribution in [2.75, 3.05) is 13.2 Å². The molecular formula is C20H21N3O2S. The third kappa shape index (κ3) is 3.43. The van der Waals surface area contributed by atoms with Gasteiger partial charge in [-0.2, -0.15) is 0 Å². The highest BCUT2D eigenvalue weighted by molar-refractivity contribution is 7.11. The highest BCUT2D eigenvalue weighted by Gasteiger charge is 2.21. The van der Waals surface area contributed by atoms with Crippen LogP contribution in [0.2, 0.25) is 0 Å². The second-order valence-corrected chi connectivity index (χ2v) is 7.84. The number of phenols is 1. The minimum Gasteiger partial charge on any atom is -0.504 e. The molecule has 1 N–H and O–H groups in total. The van der Waals surface area contributed by atoms with E-state index >= 15 is 0 Å². The van der Waals surface area contributed by atoms with Crippen LogP contribution in [0.1, 0.15) is 21.1 Å². The maximum atomic E-state index is 10.5. The van der Waals surface area contributed by atoms with Crippen LogP contribution in [0.5, 0.6) is 11.5 Å². The Morgan fingerprint density at radius 2 is 2.04 bits per heavy atom. The lowest BCUT2D eigenvalue weighted by molar-refractivity contribution is 0.216. The van der Waals surface area contributed by atoms with Gasteiger partial charge in [-0.15, -0.1) is 21.5 Å². The van der Waals surface area contributed by atoms with Gasteiger partial charge in [0.2, 0.25) is 0 Å². The molecule has 0 radical (unpaired) electrons. The van der Waals surface area contributed by atoms with Crippen LogP contribution in [-0.2, 0) is 13.1 Å². The van der Waals surface area contributed by atoms with E-state index < -0.39 is 0 Å². The molecular weight excluding hydrogens is 346 g/mol. The molecule has 0 spiro atoms. The highest BCUT2D eigenvalue weighted by Crippen LogP contribution is 2.38. The number of hydrogen-bond acceptors (Lipinski definition) is 6. The van der Waals surface area contributed by atoms with Crippen LogP contribution in [0.25, 0.3) is 11.1 Å². The summed E-state index contributed by atoms with van der Waals surface area (Å²) in [4.78, 5) is 2.28. The third-order valence-corrected chi connectivity index (χ3v) is 5.40. The molecule has 0 aliphatic carbocycles. The number of ether oxygens (including phenoxy) is 1. The number of aryl methyl sites for hydroxylation is 2. The zero-order valence-corrected chi connectivity index (χ0v) is 15.7. The van der Waals surface area contributed by atoms with Crippen LogP contribution in [0.3, 0.4) is 0 Å². The summed E-state index contributed by atoms with van der Waals surface area (Å²) in [7, 11) is 0. The fourth-order valence-corrected chi connectivity index (χ4v) is 4.08. The first-order valence-corrected chi connectivity index (χ1v) is 9.48. The number of hydrogen-bond donors (Lipinski definition) is 1. The molecule has 6 heteroatoms. The zero-order chi connectivity index (χ0) is 18.1. The smallest absolute Gasteiger partial charge is 0.165 e. The minimum atomic E-state index is 0.203. The molecule has 0 saturated heterocycles. The maximum Gasteiger partial charge on any atom is 0.165 e. The summed E-state index contributed by atoms with van der Waals surface area (Å²) in [6.07, 6.45) is 0. The van der Waals surface area contributed by atoms with Crippen molar-refractivity contribution in [3.05, 3.63) is 57.5 Å². The topological polar surface area (TPSA) is 58.5 Å². The Morgan fingerprint density at radius 3 is 2.81 bits per heavy atom. The number of rotatable bonds is 3. The summed E-state index contributed by atoms with van der Waals surface area (Å²) < 4.78 is 5.85. The summed E-state index contributed by atoms with van der Waals surface area (Å²) in [6, 6.07) is 12.1. The van der Waals surface area contributed by atoms with E-state index in [1.807, 2.05) is 19.1 Å². The van der Waals surface area contributed by atoms with Crippen molar-refractivity contribution in [1.82, 2.24) is 15.1 Å². The summed E-state index contributed by atoms with van der Waals surface area (Å²) in [5.74, 6) is 0.799. The predicted molar refractivity (Wildman–Crippen MR) is 103 cm³/mol. The fraction of sp³-hybridized carbons (Fsp3) is 0.300. The molecule has 0 unspecified atom stereocenters. The quantitative estimate of drug-likeness (QED) is 0.760. The van der Waals surface area contributed by atoms with Crippen molar-refractivity contribution in [1.29, 1.82) is 0 Å². The Labute approximate surface area is 156 Å². The monoisotopic (exact) mass is 367 g/mol. The molecule has 134 valence electrons. The van der Waals surface area contributed by atoms with Gasteiger partial charge >= 0.3 is 0 Å². The van der Waals surface area contributed by atoms with Crippen molar-refractivity contribution >= 4 is 11.3 Å². The minimum absolute atomic E-state index is 0.203. The number of nitrogens with zero attached hydrogens (tertiary/aromatic N) is 3. The van der Waals surface area contributed by atoms with Crippen molar-refractivity contribution in [2.45, 2.75) is 26.9 Å². The molecule has 0 bridgehead atoms. The Bertz CT molecular complexity index is 939. The predicted octanol–water partition coefficient (Wildman–Crippen LogP) is 3.92. The Kier molecular flexibility index (Phi) is 4.61. The number of benzene rings is 2. The third-order valence-electron chi connectivity index (χ3n) is 4.58. The Balaban J connectivity index is 1.66. The molecule has 0 saturated carbocycles. The molecule has 3 aromatic rings. The first-order chi connectivity index (χ1) is 12.6. The van der Waals surface area contributed by atoms with Crippen LogP contribution in [0, 0.1) is 13.8 Å². The summed E-state index contributed by atoms with van der Waals surface area (Å²) in [5, 5.41) is 20.8. The van der Waals surface area contributed by atoms with Crippen LogP contribution in [0.4, 0.5) is 0 Å². The molecule has 1 aliphatic heterocycles. The lowest BCUT2D eigenvalue weighted by Gasteiger charge is -2.18. The number of phenolic OH excluding ortho intramolecular Hbond substituents is 1. The van der Waals surface area contributed by atoms with Gasteiger partial charge in [0.05, 0.1) is 6.54 Å². The molecule has 4 rings (SSSR count). The standard InChI is InChI=1S/C20H21N3O2S/c1-13-5-3-4-6-17(13)15-9-16-11-23(12-19-22-21-14(2)26-19)7-8-25-20(16)18(24)10-15/h3-6,9-10,24H,7-8,11-12H2,1-2H3. The summed E-state index contributed by atoms with van der Waals surface area (Å²) >= 11 is 1.62. The van der Waals surface area contributed by atoms with Gasteiger partial charge in [0, 0.05) is 18.7 Å². The van der Waals surface area contributed by atoms with E-state index in [4.69, 9.17) is 4.74 Å². The van der Waals surface area contributed by atoms with Crippen LogP contribution >= 0.6 is 11.3 Å². The maximum absolute atomic E-state index is 10.5. The number of fused-ring (bicyclic) bond motifs is 1. The zero-order valence-electron chi connectivity index (χ0n) is 14.9. The van der Waals surface area contributed by atoms with Gasteiger partial charge in [-0.05, 0) is 42.7 Å². The van der Waals surface area contributed by atoms with Crippen LogP contribution < -0.4 is 4.74 Å². The van der Waals surface area contributed by atoms with Crippen LogP contribution in [0.15, 0.2) is 36.4 Å². The molecule has 0 atom stereocenters. The van der Waals surface area contributed by atoms with Gasteiger partial charge in [0.1, 0.15) is 16.6 Å². The molecule has 1 aliphatic rings. The van der Waals surface area contributed by atoms with Crippen molar-refractivity contribution in [2.24, 2.45) is 0 Å². The lowest BCUT2D eigenvalue weighted by Crippen LogP contribution is -2.25. The normalized spacial score (nSPS) is 14.5. The first-order valence-electron chi connectivity index (χ1n) is 8.66. The molecule has 0 fully saturated rings. The van der Waals surface area contributed by atoms with Crippen molar-refractivity contribution in [3.63, 3.8) is 0 Å². The molecule has 2 heterocycles. The van der Waals surface area contributed by atoms with Gasteiger partial charge in [-0.1, -0.05) is 24.3 Å². The Hall–Kier alpha value is -2.44. The van der Waals surface area contributed by atoms with Crippen molar-refractivity contribution < 1.29 is 9.84 Å². The summed E-state index contributed by atoms with van der Waals surface area (Å²) in [6.45, 7) is 6.83. The second-order valence-electron chi connectivity index (χ2n) is 6.57. The van der Waals surface area contributed by atoms with Crippen LogP contribution in [-0.4, -0.2) is 33.4 Å². The second kappa shape index (κ2) is 7.05. The number of aromatic nitrogens is 2. The molecule has 2 aromatic carbocycles. The van der Waals surface area contributed by atoms with E-state index in [2.05, 4.69) is 40.2 Å². The van der Waals surface area contributed by atoms with Gasteiger partial charge in [0.25, 0.3) is 0 Å². The largest absolute Gasteiger partial charge is 0.504 e. The van der Waals surface area contributed by atoms with Gasteiger partial charge in [-0.3, -0.25) is 4.90 Å². The van der Waals surface area contributed by atoms with E-state index in [1.165, 1.54) is 5.56 Å². The van der Waals surface area contributed by atoms with Gasteiger partial charge in [-0.25, -0.2) is 0 Å². The molecule has 0 amide bonds. The Morgan fingerprint density at radius 1 is 1.19 bits per heavy atom. The lowest BCUT2D eigenvalue weighted by atomic mass is 9.98. The average molecular weight is 367 g/mol.